The van der Waals surface area contributed by atoms with Gasteiger partial charge in [-0.15, -0.1) is 0 Å². The van der Waals surface area contributed by atoms with E-state index in [-0.39, 0.29) is 0 Å². The van der Waals surface area contributed by atoms with Crippen LogP contribution in [-0.4, -0.2) is 22.1 Å². The highest BCUT2D eigenvalue weighted by molar-refractivity contribution is 5.86. The van der Waals surface area contributed by atoms with Gasteiger partial charge in [0.15, 0.2) is 0 Å². The number of anilines is 1. The van der Waals surface area contributed by atoms with Crippen LogP contribution in [0.5, 0.6) is 0 Å². The molecule has 2 rings (SSSR count). The molecule has 0 atom stereocenters. The van der Waals surface area contributed by atoms with Gasteiger partial charge in [-0.25, -0.2) is 9.78 Å². The number of rotatable bonds is 0. The lowest BCUT2D eigenvalue weighted by molar-refractivity contribution is 0.0414. The van der Waals surface area contributed by atoms with Crippen molar-refractivity contribution in [2.75, 3.05) is 12.3 Å². The predicted molar refractivity (Wildman–Crippen MR) is 36.9 cm³/mol. The summed E-state index contributed by atoms with van der Waals surface area (Å²) in [6.07, 6.45) is 1.46. The van der Waals surface area contributed by atoms with Gasteiger partial charge < -0.3 is 15.0 Å². The monoisotopic (exact) mass is 153 g/mol. The lowest BCUT2D eigenvalue weighted by Crippen LogP contribution is -2.24. The fourth-order valence-corrected chi connectivity index (χ4v) is 1.08. The van der Waals surface area contributed by atoms with Gasteiger partial charge in [-0.2, -0.15) is 0 Å². The molecule has 1 aromatic rings. The van der Waals surface area contributed by atoms with Crippen molar-refractivity contribution in [2.24, 2.45) is 0 Å². The smallest absolute Gasteiger partial charge is 0.374 e. The SMILES string of the molecule is Nc1cnc2n1CCOC2=O. The molecule has 1 aliphatic heterocycles. The summed E-state index contributed by atoms with van der Waals surface area (Å²) in [6.45, 7) is 0.985. The molecule has 0 aliphatic carbocycles. The lowest BCUT2D eigenvalue weighted by atomic mass is 10.5. The van der Waals surface area contributed by atoms with E-state index < -0.39 is 5.97 Å². The number of hydrogen-bond acceptors (Lipinski definition) is 4. The predicted octanol–water partition coefficient (Wildman–Crippen LogP) is -0.364. The standard InChI is InChI=1S/C6H7N3O2/c7-4-3-8-5-6(10)11-2-1-9(4)5/h3H,1-2,7H2. The fraction of sp³-hybridized carbons (Fsp3) is 0.333. The molecule has 58 valence electrons. The Morgan fingerprint density at radius 3 is 3.27 bits per heavy atom. The third-order valence-corrected chi connectivity index (χ3v) is 1.62. The molecule has 0 unspecified atom stereocenters. The van der Waals surface area contributed by atoms with Crippen LogP contribution >= 0.6 is 0 Å². The minimum absolute atomic E-state index is 0.300. The van der Waals surface area contributed by atoms with Crippen molar-refractivity contribution < 1.29 is 9.53 Å². The zero-order valence-electron chi connectivity index (χ0n) is 5.78. The number of carbonyl (C=O) groups is 1. The summed E-state index contributed by atoms with van der Waals surface area (Å²) in [7, 11) is 0. The number of nitrogen functional groups attached to an aromatic ring is 1. The topological polar surface area (TPSA) is 70.1 Å². The van der Waals surface area contributed by atoms with E-state index in [1.165, 1.54) is 6.20 Å². The first-order valence-electron chi connectivity index (χ1n) is 3.27. The van der Waals surface area contributed by atoms with Gasteiger partial charge in [-0.05, 0) is 0 Å². The zero-order chi connectivity index (χ0) is 7.84. The molecule has 0 aromatic carbocycles. The van der Waals surface area contributed by atoms with Crippen LogP contribution in [0.3, 0.4) is 0 Å². The molecule has 0 bridgehead atoms. The molecule has 0 fully saturated rings. The quantitative estimate of drug-likeness (QED) is 0.516. The third-order valence-electron chi connectivity index (χ3n) is 1.62. The number of cyclic esters (lactones) is 1. The number of ether oxygens (including phenoxy) is 1. The Labute approximate surface area is 62.8 Å². The summed E-state index contributed by atoms with van der Waals surface area (Å²) in [6, 6.07) is 0. The van der Waals surface area contributed by atoms with Crippen LogP contribution in [0.25, 0.3) is 0 Å². The van der Waals surface area contributed by atoms with Gasteiger partial charge in [-0.1, -0.05) is 0 Å². The van der Waals surface area contributed by atoms with Crippen molar-refractivity contribution >= 4 is 11.8 Å². The van der Waals surface area contributed by atoms with Crippen molar-refractivity contribution in [2.45, 2.75) is 6.54 Å². The lowest BCUT2D eigenvalue weighted by Gasteiger charge is -2.14. The van der Waals surface area contributed by atoms with Crippen LogP contribution < -0.4 is 5.73 Å². The van der Waals surface area contributed by atoms with E-state index in [1.807, 2.05) is 0 Å². The van der Waals surface area contributed by atoms with Gasteiger partial charge in [-0.3, -0.25) is 0 Å². The molecular formula is C6H7N3O2. The number of aromatic nitrogens is 2. The van der Waals surface area contributed by atoms with E-state index in [0.717, 1.165) is 0 Å². The van der Waals surface area contributed by atoms with Crippen LogP contribution in [0.1, 0.15) is 10.6 Å². The van der Waals surface area contributed by atoms with Crippen molar-refractivity contribution in [1.29, 1.82) is 0 Å². The van der Waals surface area contributed by atoms with Crippen LogP contribution in [0, 0.1) is 0 Å². The van der Waals surface area contributed by atoms with E-state index >= 15 is 0 Å². The highest BCUT2D eigenvalue weighted by Gasteiger charge is 2.21. The number of imidazole rings is 1. The Balaban J connectivity index is 2.55. The minimum Gasteiger partial charge on any atom is -0.458 e. The highest BCUT2D eigenvalue weighted by Crippen LogP contribution is 2.12. The number of nitrogens with two attached hydrogens (primary N) is 1. The number of carbonyl (C=O) groups excluding carboxylic acids is 1. The second kappa shape index (κ2) is 1.98. The first-order chi connectivity index (χ1) is 5.29. The molecule has 0 spiro atoms. The molecule has 0 saturated carbocycles. The van der Waals surface area contributed by atoms with E-state index in [1.54, 1.807) is 4.57 Å². The van der Waals surface area contributed by atoms with Crippen molar-refractivity contribution in [3.8, 4) is 0 Å². The molecule has 2 N–H and O–H groups in total. The van der Waals surface area contributed by atoms with Gasteiger partial charge in [0.1, 0.15) is 12.4 Å². The second-order valence-electron chi connectivity index (χ2n) is 2.29. The van der Waals surface area contributed by atoms with Gasteiger partial charge in [0, 0.05) is 0 Å². The maximum atomic E-state index is 10.9. The van der Waals surface area contributed by atoms with E-state index in [9.17, 15) is 4.79 Å². The van der Waals surface area contributed by atoms with Gasteiger partial charge >= 0.3 is 5.97 Å². The van der Waals surface area contributed by atoms with Crippen LogP contribution in [-0.2, 0) is 11.3 Å². The summed E-state index contributed by atoms with van der Waals surface area (Å²) in [5, 5.41) is 0. The Bertz CT molecular complexity index is 305. The van der Waals surface area contributed by atoms with Crippen molar-refractivity contribution in [3.63, 3.8) is 0 Å². The number of fused-ring (bicyclic) bond motifs is 1. The number of nitrogens with zero attached hydrogens (tertiary/aromatic N) is 2. The first-order valence-corrected chi connectivity index (χ1v) is 3.27. The molecule has 0 saturated heterocycles. The van der Waals surface area contributed by atoms with Crippen LogP contribution in [0.4, 0.5) is 5.82 Å². The van der Waals surface area contributed by atoms with Crippen molar-refractivity contribution in [1.82, 2.24) is 9.55 Å². The van der Waals surface area contributed by atoms with E-state index in [0.29, 0.717) is 24.8 Å². The van der Waals surface area contributed by atoms with Gasteiger partial charge in [0.25, 0.3) is 0 Å². The molecule has 5 heteroatoms. The first kappa shape index (κ1) is 6.21. The Hall–Kier alpha value is -1.52. The Morgan fingerprint density at radius 2 is 2.55 bits per heavy atom. The zero-order valence-corrected chi connectivity index (χ0v) is 5.78. The summed E-state index contributed by atoms with van der Waals surface area (Å²) in [5.74, 6) is 0.415. The van der Waals surface area contributed by atoms with Gasteiger partial charge in [0.2, 0.25) is 5.82 Å². The maximum absolute atomic E-state index is 10.9. The molecular weight excluding hydrogens is 146 g/mol. The summed E-state index contributed by atoms with van der Waals surface area (Å²) in [5.41, 5.74) is 5.52. The average molecular weight is 153 g/mol. The molecule has 1 aromatic heterocycles. The fourth-order valence-electron chi connectivity index (χ4n) is 1.08. The van der Waals surface area contributed by atoms with Crippen LogP contribution in [0.2, 0.25) is 0 Å². The third kappa shape index (κ3) is 0.772. The molecule has 0 amide bonds. The Morgan fingerprint density at radius 1 is 1.73 bits per heavy atom. The van der Waals surface area contributed by atoms with Crippen molar-refractivity contribution in [3.05, 3.63) is 12.0 Å². The van der Waals surface area contributed by atoms with Crippen LogP contribution in [0.15, 0.2) is 6.20 Å². The minimum atomic E-state index is -0.395. The normalized spacial score (nSPS) is 15.8. The highest BCUT2D eigenvalue weighted by atomic mass is 16.5. The number of hydrogen-bond donors (Lipinski definition) is 1. The van der Waals surface area contributed by atoms with E-state index in [2.05, 4.69) is 4.98 Å². The largest absolute Gasteiger partial charge is 0.458 e. The Kier molecular flexibility index (Phi) is 1.12. The summed E-state index contributed by atoms with van der Waals surface area (Å²) >= 11 is 0. The molecule has 1 aliphatic rings. The maximum Gasteiger partial charge on any atom is 0.374 e. The number of esters is 1. The molecule has 11 heavy (non-hydrogen) atoms. The molecule has 5 nitrogen and oxygen atoms in total. The summed E-state index contributed by atoms with van der Waals surface area (Å²) < 4.78 is 6.38. The van der Waals surface area contributed by atoms with Gasteiger partial charge in [0.05, 0.1) is 12.7 Å². The molecule has 0 radical (unpaired) electrons. The second-order valence-corrected chi connectivity index (χ2v) is 2.29. The summed E-state index contributed by atoms with van der Waals surface area (Å²) in [4.78, 5) is 14.7. The average Bonchev–Trinajstić information content (AvgIpc) is 2.35. The van der Waals surface area contributed by atoms with E-state index in [4.69, 9.17) is 10.5 Å². The molecule has 2 heterocycles.